The summed E-state index contributed by atoms with van der Waals surface area (Å²) in [4.78, 5) is 25.9. The molecule has 1 aliphatic rings. The summed E-state index contributed by atoms with van der Waals surface area (Å²) in [5.41, 5.74) is 13.3. The van der Waals surface area contributed by atoms with Gasteiger partial charge in [-0.2, -0.15) is 0 Å². The molecule has 0 saturated carbocycles. The molecule has 4 rings (SSSR count). The first-order valence-electron chi connectivity index (χ1n) is 8.83. The Morgan fingerprint density at radius 1 is 1.04 bits per heavy atom. The SMILES string of the molecule is CCC(Sc1nc(N)cc(N)n1)C(=O)N1c2ccccc2Sc2ccccc21. The van der Waals surface area contributed by atoms with Crippen LogP contribution in [0.2, 0.25) is 0 Å². The van der Waals surface area contributed by atoms with Gasteiger partial charge >= 0.3 is 0 Å². The van der Waals surface area contributed by atoms with E-state index in [0.717, 1.165) is 21.2 Å². The number of nitrogens with two attached hydrogens (primary N) is 2. The van der Waals surface area contributed by atoms with Crippen LogP contribution >= 0.6 is 23.5 Å². The molecule has 0 spiro atoms. The molecule has 142 valence electrons. The van der Waals surface area contributed by atoms with Crippen LogP contribution in [-0.2, 0) is 4.79 Å². The van der Waals surface area contributed by atoms with Gasteiger partial charge in [0.25, 0.3) is 0 Å². The Balaban J connectivity index is 1.72. The van der Waals surface area contributed by atoms with Crippen LogP contribution in [0.4, 0.5) is 23.0 Å². The van der Waals surface area contributed by atoms with Crippen molar-refractivity contribution in [2.24, 2.45) is 0 Å². The molecule has 0 radical (unpaired) electrons. The second-order valence-corrected chi connectivity index (χ2v) is 8.48. The molecule has 2 aromatic carbocycles. The number of fused-ring (bicyclic) bond motifs is 2. The van der Waals surface area contributed by atoms with Crippen molar-refractivity contribution >= 4 is 52.4 Å². The van der Waals surface area contributed by atoms with E-state index in [0.29, 0.717) is 23.2 Å². The van der Waals surface area contributed by atoms with Crippen molar-refractivity contribution < 1.29 is 4.79 Å². The number of aromatic nitrogens is 2. The van der Waals surface area contributed by atoms with Crippen LogP contribution in [0.15, 0.2) is 69.5 Å². The molecular weight excluding hydrogens is 390 g/mol. The highest BCUT2D eigenvalue weighted by atomic mass is 32.2. The Kier molecular flexibility index (Phi) is 5.15. The number of anilines is 4. The number of rotatable bonds is 4. The van der Waals surface area contributed by atoms with Gasteiger partial charge in [0, 0.05) is 15.9 Å². The average molecular weight is 410 g/mol. The minimum atomic E-state index is -0.370. The van der Waals surface area contributed by atoms with Crippen molar-refractivity contribution in [2.45, 2.75) is 33.5 Å². The molecule has 1 unspecified atom stereocenters. The predicted molar refractivity (Wildman–Crippen MR) is 115 cm³/mol. The van der Waals surface area contributed by atoms with E-state index in [9.17, 15) is 4.79 Å². The zero-order chi connectivity index (χ0) is 19.7. The van der Waals surface area contributed by atoms with E-state index in [1.54, 1.807) is 16.7 Å². The third-order valence-corrected chi connectivity index (χ3v) is 6.63. The molecule has 1 atom stereocenters. The summed E-state index contributed by atoms with van der Waals surface area (Å²) in [6.07, 6.45) is 0.621. The largest absolute Gasteiger partial charge is 0.383 e. The van der Waals surface area contributed by atoms with Crippen LogP contribution in [0.5, 0.6) is 0 Å². The summed E-state index contributed by atoms with van der Waals surface area (Å²) in [6.45, 7) is 1.97. The number of benzene rings is 2. The number of amides is 1. The fraction of sp³-hybridized carbons (Fsp3) is 0.150. The number of hydrogen-bond acceptors (Lipinski definition) is 7. The number of thioether (sulfide) groups is 1. The maximum Gasteiger partial charge on any atom is 0.245 e. The zero-order valence-electron chi connectivity index (χ0n) is 15.2. The van der Waals surface area contributed by atoms with Crippen LogP contribution in [0.3, 0.4) is 0 Å². The molecule has 3 aromatic rings. The summed E-state index contributed by atoms with van der Waals surface area (Å²) < 4.78 is 0. The average Bonchev–Trinajstić information content (AvgIpc) is 2.69. The summed E-state index contributed by atoms with van der Waals surface area (Å²) in [6, 6.07) is 17.4. The zero-order valence-corrected chi connectivity index (χ0v) is 16.8. The number of carbonyl (C=O) groups is 1. The van der Waals surface area contributed by atoms with E-state index in [4.69, 9.17) is 11.5 Å². The molecule has 4 N–H and O–H groups in total. The quantitative estimate of drug-likeness (QED) is 0.488. The van der Waals surface area contributed by atoms with Crippen LogP contribution < -0.4 is 16.4 Å². The molecular formula is C20H19N5OS2. The van der Waals surface area contributed by atoms with E-state index in [1.165, 1.54) is 17.8 Å². The van der Waals surface area contributed by atoms with Gasteiger partial charge in [0.05, 0.1) is 16.6 Å². The van der Waals surface area contributed by atoms with Crippen molar-refractivity contribution in [3.8, 4) is 0 Å². The number of hydrogen-bond donors (Lipinski definition) is 2. The molecule has 6 nitrogen and oxygen atoms in total. The summed E-state index contributed by atoms with van der Waals surface area (Å²) in [7, 11) is 0. The fourth-order valence-electron chi connectivity index (χ4n) is 3.04. The van der Waals surface area contributed by atoms with Crippen molar-refractivity contribution in [3.05, 3.63) is 54.6 Å². The Morgan fingerprint density at radius 2 is 1.57 bits per heavy atom. The molecule has 0 fully saturated rings. The number of carbonyl (C=O) groups excluding carboxylic acids is 1. The molecule has 1 aliphatic heterocycles. The Labute approximate surface area is 171 Å². The second-order valence-electron chi connectivity index (χ2n) is 6.23. The highest BCUT2D eigenvalue weighted by Crippen LogP contribution is 2.48. The van der Waals surface area contributed by atoms with E-state index in [-0.39, 0.29) is 11.2 Å². The molecule has 28 heavy (non-hydrogen) atoms. The first-order valence-corrected chi connectivity index (χ1v) is 10.5. The van der Waals surface area contributed by atoms with Crippen molar-refractivity contribution in [1.29, 1.82) is 0 Å². The third kappa shape index (κ3) is 3.53. The number of nitrogen functional groups attached to an aromatic ring is 2. The lowest BCUT2D eigenvalue weighted by atomic mass is 10.2. The van der Waals surface area contributed by atoms with E-state index in [2.05, 4.69) is 9.97 Å². The normalized spacial score (nSPS) is 13.5. The highest BCUT2D eigenvalue weighted by molar-refractivity contribution is 8.00. The molecule has 1 amide bonds. The lowest BCUT2D eigenvalue weighted by molar-refractivity contribution is -0.117. The van der Waals surface area contributed by atoms with Gasteiger partial charge in [-0.3, -0.25) is 9.69 Å². The van der Waals surface area contributed by atoms with Gasteiger partial charge in [-0.05, 0) is 30.7 Å². The van der Waals surface area contributed by atoms with Gasteiger partial charge in [0.2, 0.25) is 5.91 Å². The third-order valence-electron chi connectivity index (χ3n) is 4.29. The van der Waals surface area contributed by atoms with Crippen LogP contribution in [-0.4, -0.2) is 21.1 Å². The van der Waals surface area contributed by atoms with Crippen molar-refractivity contribution in [2.75, 3.05) is 16.4 Å². The summed E-state index contributed by atoms with van der Waals surface area (Å²) in [5, 5.41) is 0.0380. The lowest BCUT2D eigenvalue weighted by Crippen LogP contribution is -2.35. The summed E-state index contributed by atoms with van der Waals surface area (Å²) >= 11 is 2.96. The molecule has 1 aromatic heterocycles. The maximum absolute atomic E-state index is 13.6. The number of para-hydroxylation sites is 2. The summed E-state index contributed by atoms with van der Waals surface area (Å²) in [5.74, 6) is 0.571. The minimum Gasteiger partial charge on any atom is -0.383 e. The Hall–Kier alpha value is -2.71. The van der Waals surface area contributed by atoms with E-state index in [1.807, 2.05) is 55.5 Å². The van der Waals surface area contributed by atoms with Crippen LogP contribution in [0.1, 0.15) is 13.3 Å². The Morgan fingerprint density at radius 3 is 2.11 bits per heavy atom. The van der Waals surface area contributed by atoms with Gasteiger partial charge in [-0.1, -0.05) is 54.7 Å². The lowest BCUT2D eigenvalue weighted by Gasteiger charge is -2.33. The molecule has 0 saturated heterocycles. The van der Waals surface area contributed by atoms with Crippen molar-refractivity contribution in [1.82, 2.24) is 9.97 Å². The van der Waals surface area contributed by atoms with Crippen LogP contribution in [0, 0.1) is 0 Å². The van der Waals surface area contributed by atoms with Gasteiger partial charge in [0.1, 0.15) is 11.6 Å². The smallest absolute Gasteiger partial charge is 0.245 e. The first kappa shape index (κ1) is 18.6. The Bertz CT molecular complexity index is 977. The highest BCUT2D eigenvalue weighted by Gasteiger charge is 2.32. The van der Waals surface area contributed by atoms with Crippen LogP contribution in [0.25, 0.3) is 0 Å². The van der Waals surface area contributed by atoms with Gasteiger partial charge in [-0.25, -0.2) is 9.97 Å². The molecule has 0 aliphatic carbocycles. The molecule has 0 bridgehead atoms. The topological polar surface area (TPSA) is 98.1 Å². The van der Waals surface area contributed by atoms with E-state index < -0.39 is 0 Å². The minimum absolute atomic E-state index is 0.0164. The predicted octanol–water partition coefficient (Wildman–Crippen LogP) is 4.34. The fourth-order valence-corrected chi connectivity index (χ4v) is 5.04. The molecule has 8 heteroatoms. The second kappa shape index (κ2) is 7.73. The molecule has 2 heterocycles. The van der Waals surface area contributed by atoms with Gasteiger partial charge in [-0.15, -0.1) is 0 Å². The monoisotopic (exact) mass is 409 g/mol. The first-order chi connectivity index (χ1) is 13.6. The number of nitrogens with zero attached hydrogens (tertiary/aromatic N) is 3. The van der Waals surface area contributed by atoms with Gasteiger partial charge in [0.15, 0.2) is 5.16 Å². The maximum atomic E-state index is 13.6. The van der Waals surface area contributed by atoms with Gasteiger partial charge < -0.3 is 11.5 Å². The van der Waals surface area contributed by atoms with E-state index >= 15 is 0 Å². The van der Waals surface area contributed by atoms with Crippen molar-refractivity contribution in [3.63, 3.8) is 0 Å². The standard InChI is InChI=1S/C20H19N5OS2/c1-2-14(28-20-23-17(21)11-18(22)24-20)19(26)25-12-7-3-5-9-15(12)27-16-10-6-4-8-13(16)25/h3-11,14H,2H2,1H3,(H4,21,22,23,24).